The molecule has 0 bridgehead atoms. The lowest BCUT2D eigenvalue weighted by atomic mass is 9.82. The molecule has 100 valence electrons. The Hall–Kier alpha value is -0.0400. The van der Waals surface area contributed by atoms with Gasteiger partial charge in [0.15, 0.2) is 0 Å². The number of hydrogen-bond acceptors (Lipinski definition) is 1. The molecule has 2 heteroatoms. The summed E-state index contributed by atoms with van der Waals surface area (Å²) in [6, 6.07) is 0. The third-order valence-corrected chi connectivity index (χ3v) is 4.52. The molecule has 1 nitrogen and oxygen atoms in total. The largest absolute Gasteiger partial charge is 0.281 e. The van der Waals surface area contributed by atoms with Crippen LogP contribution < -0.4 is 0 Å². The maximum Gasteiger partial charge on any atom is 0.224 e. The fourth-order valence-corrected chi connectivity index (χ4v) is 3.17. The van der Waals surface area contributed by atoms with E-state index in [0.717, 1.165) is 19.3 Å². The van der Waals surface area contributed by atoms with Crippen molar-refractivity contribution in [3.05, 3.63) is 0 Å². The highest BCUT2D eigenvalue weighted by Gasteiger charge is 2.23. The van der Waals surface area contributed by atoms with Gasteiger partial charge in [-0.25, -0.2) is 0 Å². The molecule has 0 aliphatic heterocycles. The first-order chi connectivity index (χ1) is 7.91. The molecule has 0 aromatic heterocycles. The van der Waals surface area contributed by atoms with Crippen LogP contribution in [0, 0.1) is 17.3 Å². The summed E-state index contributed by atoms with van der Waals surface area (Å²) in [5, 5.41) is -0.115. The molecule has 2 atom stereocenters. The highest BCUT2D eigenvalue weighted by atomic mass is 35.5. The second kappa shape index (κ2) is 6.78. The summed E-state index contributed by atoms with van der Waals surface area (Å²) >= 11 is 5.70. The van der Waals surface area contributed by atoms with E-state index in [-0.39, 0.29) is 11.2 Å². The van der Waals surface area contributed by atoms with Crippen LogP contribution >= 0.6 is 11.6 Å². The summed E-state index contributed by atoms with van der Waals surface area (Å²) in [5.74, 6) is 0.740. The van der Waals surface area contributed by atoms with Crippen LogP contribution in [-0.4, -0.2) is 5.24 Å². The average Bonchev–Trinajstić information content (AvgIpc) is 2.23. The summed E-state index contributed by atoms with van der Waals surface area (Å²) < 4.78 is 0. The van der Waals surface area contributed by atoms with Gasteiger partial charge < -0.3 is 0 Å². The van der Waals surface area contributed by atoms with Gasteiger partial charge in [0.05, 0.1) is 0 Å². The van der Waals surface area contributed by atoms with Gasteiger partial charge in [-0.3, -0.25) is 4.79 Å². The lowest BCUT2D eigenvalue weighted by Crippen LogP contribution is -2.13. The molecule has 1 saturated carbocycles. The second-order valence-corrected chi connectivity index (χ2v) is 7.02. The van der Waals surface area contributed by atoms with Gasteiger partial charge >= 0.3 is 0 Å². The SMILES string of the molecule is CC1CCCC(C)(C)CCCCC(C(=O)Cl)C1. The summed E-state index contributed by atoms with van der Waals surface area (Å²) in [7, 11) is 0. The van der Waals surface area contributed by atoms with Crippen molar-refractivity contribution in [3.8, 4) is 0 Å². The van der Waals surface area contributed by atoms with E-state index in [1.165, 1.54) is 32.1 Å². The number of carbonyl (C=O) groups is 1. The molecule has 0 aromatic carbocycles. The molecule has 2 unspecified atom stereocenters. The molecule has 0 spiro atoms. The molecule has 17 heavy (non-hydrogen) atoms. The second-order valence-electron chi connectivity index (χ2n) is 6.64. The monoisotopic (exact) mass is 258 g/mol. The van der Waals surface area contributed by atoms with E-state index >= 15 is 0 Å². The van der Waals surface area contributed by atoms with Crippen LogP contribution in [0.15, 0.2) is 0 Å². The predicted octanol–water partition coefficient (Wildman–Crippen LogP) is 5.16. The van der Waals surface area contributed by atoms with Crippen LogP contribution in [0.4, 0.5) is 0 Å². The van der Waals surface area contributed by atoms with E-state index < -0.39 is 0 Å². The summed E-state index contributed by atoms with van der Waals surface area (Å²) in [6.07, 6.45) is 9.50. The van der Waals surface area contributed by atoms with Gasteiger partial charge in [0, 0.05) is 5.92 Å². The van der Waals surface area contributed by atoms with Crippen LogP contribution in [0.2, 0.25) is 0 Å². The number of hydrogen-bond donors (Lipinski definition) is 0. The molecule has 0 heterocycles. The highest BCUT2D eigenvalue weighted by Crippen LogP contribution is 2.34. The lowest BCUT2D eigenvalue weighted by molar-refractivity contribution is -0.115. The Morgan fingerprint density at radius 2 is 1.76 bits per heavy atom. The van der Waals surface area contributed by atoms with Crippen LogP contribution in [-0.2, 0) is 4.79 Å². The van der Waals surface area contributed by atoms with Crippen LogP contribution in [0.1, 0.15) is 72.1 Å². The maximum absolute atomic E-state index is 11.4. The first kappa shape index (κ1) is 15.0. The van der Waals surface area contributed by atoms with Gasteiger partial charge in [0.1, 0.15) is 0 Å². The molecule has 1 rings (SSSR count). The molecule has 0 amide bonds. The average molecular weight is 259 g/mol. The first-order valence-electron chi connectivity index (χ1n) is 7.10. The van der Waals surface area contributed by atoms with E-state index in [1.54, 1.807) is 0 Å². The van der Waals surface area contributed by atoms with E-state index in [0.29, 0.717) is 11.3 Å². The van der Waals surface area contributed by atoms with Crippen LogP contribution in [0.5, 0.6) is 0 Å². The predicted molar refractivity (Wildman–Crippen MR) is 74.2 cm³/mol. The molecule has 0 radical (unpaired) electrons. The smallest absolute Gasteiger partial charge is 0.224 e. The van der Waals surface area contributed by atoms with Crippen molar-refractivity contribution in [2.45, 2.75) is 72.1 Å². The minimum Gasteiger partial charge on any atom is -0.281 e. The van der Waals surface area contributed by atoms with E-state index in [4.69, 9.17) is 11.6 Å². The Labute approximate surface area is 111 Å². The fraction of sp³-hybridized carbons (Fsp3) is 0.933. The van der Waals surface area contributed by atoms with E-state index in [1.807, 2.05) is 0 Å². The minimum absolute atomic E-state index is 0.105. The molecule has 1 aliphatic rings. The van der Waals surface area contributed by atoms with Crippen molar-refractivity contribution >= 4 is 16.8 Å². The van der Waals surface area contributed by atoms with Crippen molar-refractivity contribution in [2.75, 3.05) is 0 Å². The third-order valence-electron chi connectivity index (χ3n) is 4.21. The van der Waals surface area contributed by atoms with Gasteiger partial charge in [0.25, 0.3) is 0 Å². The Bertz CT molecular complexity index is 247. The van der Waals surface area contributed by atoms with Gasteiger partial charge in [0.2, 0.25) is 5.24 Å². The Balaban J connectivity index is 2.57. The van der Waals surface area contributed by atoms with Gasteiger partial charge in [-0.1, -0.05) is 46.5 Å². The third kappa shape index (κ3) is 5.90. The molecule has 0 saturated heterocycles. The lowest BCUT2D eigenvalue weighted by Gasteiger charge is -2.24. The molecular formula is C15H27ClO. The zero-order chi connectivity index (χ0) is 12.9. The van der Waals surface area contributed by atoms with Crippen molar-refractivity contribution in [2.24, 2.45) is 17.3 Å². The van der Waals surface area contributed by atoms with Crippen LogP contribution in [0.25, 0.3) is 0 Å². The standard InChI is InChI=1S/C15H27ClO/c1-12-7-6-10-15(2,3)9-5-4-8-13(11-12)14(16)17/h12-13H,4-11H2,1-3H3. The highest BCUT2D eigenvalue weighted by molar-refractivity contribution is 6.63. The quantitative estimate of drug-likeness (QED) is 0.594. The fourth-order valence-electron chi connectivity index (χ4n) is 2.98. The zero-order valence-corrected chi connectivity index (χ0v) is 12.4. The molecule has 0 N–H and O–H groups in total. The Morgan fingerprint density at radius 3 is 2.41 bits per heavy atom. The molecule has 0 aromatic rings. The first-order valence-corrected chi connectivity index (χ1v) is 7.48. The van der Waals surface area contributed by atoms with Crippen molar-refractivity contribution in [1.82, 2.24) is 0 Å². The minimum atomic E-state index is -0.115. The van der Waals surface area contributed by atoms with Gasteiger partial charge in [-0.05, 0) is 48.6 Å². The Kier molecular flexibility index (Phi) is 5.99. The van der Waals surface area contributed by atoms with E-state index in [2.05, 4.69) is 20.8 Å². The van der Waals surface area contributed by atoms with Crippen molar-refractivity contribution < 1.29 is 4.79 Å². The zero-order valence-electron chi connectivity index (χ0n) is 11.6. The van der Waals surface area contributed by atoms with Crippen molar-refractivity contribution in [3.63, 3.8) is 0 Å². The molecule has 1 fully saturated rings. The normalized spacial score (nSPS) is 31.5. The number of halogens is 1. The van der Waals surface area contributed by atoms with E-state index in [9.17, 15) is 4.79 Å². The molecule has 1 aliphatic carbocycles. The summed E-state index contributed by atoms with van der Waals surface area (Å²) in [4.78, 5) is 11.4. The van der Waals surface area contributed by atoms with Gasteiger partial charge in [-0.2, -0.15) is 0 Å². The maximum atomic E-state index is 11.4. The van der Waals surface area contributed by atoms with Gasteiger partial charge in [-0.15, -0.1) is 0 Å². The van der Waals surface area contributed by atoms with Crippen molar-refractivity contribution in [1.29, 1.82) is 0 Å². The molecular weight excluding hydrogens is 232 g/mol. The topological polar surface area (TPSA) is 17.1 Å². The van der Waals surface area contributed by atoms with Crippen LogP contribution in [0.3, 0.4) is 0 Å². The number of rotatable bonds is 1. The summed E-state index contributed by atoms with van der Waals surface area (Å²) in [6.45, 7) is 7.01. The number of carbonyl (C=O) groups excluding carboxylic acids is 1. The Morgan fingerprint density at radius 1 is 1.12 bits per heavy atom. The summed E-state index contributed by atoms with van der Waals surface area (Å²) in [5.41, 5.74) is 0.477.